The zero-order valence-corrected chi connectivity index (χ0v) is 14.2. The van der Waals surface area contributed by atoms with Crippen LogP contribution in [0.1, 0.15) is 39.2 Å². The summed E-state index contributed by atoms with van der Waals surface area (Å²) in [6.45, 7) is 2.22. The number of benzene rings is 1. The van der Waals surface area contributed by atoms with E-state index >= 15 is 0 Å². The highest BCUT2D eigenvalue weighted by Crippen LogP contribution is 2.22. The third kappa shape index (κ3) is 3.95. The molecule has 1 atom stereocenters. The number of aromatic nitrogens is 1. The number of aryl methyl sites for hydroxylation is 1. The lowest BCUT2D eigenvalue weighted by atomic mass is 10.0. The van der Waals surface area contributed by atoms with Gasteiger partial charge < -0.3 is 9.15 Å². The number of pyridine rings is 1. The van der Waals surface area contributed by atoms with Crippen molar-refractivity contribution >= 4 is 5.97 Å². The first-order chi connectivity index (χ1) is 12.2. The Kier molecular flexibility index (Phi) is 5.26. The fourth-order valence-electron chi connectivity index (χ4n) is 2.73. The van der Waals surface area contributed by atoms with Crippen molar-refractivity contribution in [2.75, 3.05) is 7.11 Å². The Hall–Kier alpha value is -2.92. The Morgan fingerprint density at radius 1 is 1.20 bits per heavy atom. The Labute approximate surface area is 146 Å². The molecule has 2 heterocycles. The van der Waals surface area contributed by atoms with E-state index in [0.717, 1.165) is 11.3 Å². The number of hydrogen-bond acceptors (Lipinski definition) is 5. The van der Waals surface area contributed by atoms with E-state index in [1.807, 2.05) is 36.4 Å². The third-order valence-electron chi connectivity index (χ3n) is 3.97. The molecule has 0 aliphatic heterocycles. The zero-order valence-electron chi connectivity index (χ0n) is 14.2. The van der Waals surface area contributed by atoms with Crippen molar-refractivity contribution in [1.29, 1.82) is 0 Å². The van der Waals surface area contributed by atoms with Gasteiger partial charge in [0.05, 0.1) is 25.4 Å². The average Bonchev–Trinajstić information content (AvgIpc) is 3.04. The van der Waals surface area contributed by atoms with Gasteiger partial charge >= 0.3 is 5.97 Å². The molecule has 5 heteroatoms. The second-order valence-electron chi connectivity index (χ2n) is 5.65. The van der Waals surface area contributed by atoms with Crippen LogP contribution in [-0.4, -0.2) is 18.1 Å². The molecule has 1 unspecified atom stereocenters. The van der Waals surface area contributed by atoms with Crippen LogP contribution < -0.4 is 5.32 Å². The number of furan rings is 1. The van der Waals surface area contributed by atoms with Crippen LogP contribution in [0.5, 0.6) is 0 Å². The predicted octanol–water partition coefficient (Wildman–Crippen LogP) is 3.65. The Morgan fingerprint density at radius 3 is 2.64 bits per heavy atom. The molecule has 0 spiro atoms. The predicted molar refractivity (Wildman–Crippen MR) is 94.1 cm³/mol. The van der Waals surface area contributed by atoms with Gasteiger partial charge in [-0.2, -0.15) is 0 Å². The smallest absolute Gasteiger partial charge is 0.341 e. The van der Waals surface area contributed by atoms with Crippen LogP contribution in [0.4, 0.5) is 0 Å². The summed E-state index contributed by atoms with van der Waals surface area (Å²) in [6.07, 6.45) is 1.78. The van der Waals surface area contributed by atoms with Crippen LogP contribution in [0.2, 0.25) is 0 Å². The second-order valence-corrected chi connectivity index (χ2v) is 5.65. The summed E-state index contributed by atoms with van der Waals surface area (Å²) in [7, 11) is 1.36. The van der Waals surface area contributed by atoms with E-state index in [9.17, 15) is 4.79 Å². The maximum Gasteiger partial charge on any atom is 0.341 e. The molecule has 25 heavy (non-hydrogen) atoms. The minimum Gasteiger partial charge on any atom is -0.465 e. The van der Waals surface area contributed by atoms with E-state index in [-0.39, 0.29) is 6.04 Å². The standard InChI is InChI=1S/C20H20N2O3/c1-14-17(20(23)24-2)12-16(25-14)13-22-19(15-8-4-3-5-9-15)18-10-6-7-11-21-18/h3-12,19,22H,13H2,1-2H3. The van der Waals surface area contributed by atoms with Crippen molar-refractivity contribution in [2.24, 2.45) is 0 Å². The minimum atomic E-state index is -0.392. The zero-order chi connectivity index (χ0) is 17.6. The van der Waals surface area contributed by atoms with Crippen LogP contribution in [0.3, 0.4) is 0 Å². The molecule has 0 amide bonds. The highest BCUT2D eigenvalue weighted by atomic mass is 16.5. The summed E-state index contributed by atoms with van der Waals surface area (Å²) in [4.78, 5) is 16.2. The first kappa shape index (κ1) is 16.9. The Balaban J connectivity index is 1.81. The van der Waals surface area contributed by atoms with Crippen molar-refractivity contribution in [3.8, 4) is 0 Å². The van der Waals surface area contributed by atoms with E-state index in [1.165, 1.54) is 7.11 Å². The van der Waals surface area contributed by atoms with Gasteiger partial charge in [0.2, 0.25) is 0 Å². The molecule has 3 aromatic rings. The normalized spacial score (nSPS) is 11.9. The molecule has 0 saturated carbocycles. The lowest BCUT2D eigenvalue weighted by Crippen LogP contribution is -2.22. The lowest BCUT2D eigenvalue weighted by molar-refractivity contribution is 0.0599. The molecule has 1 N–H and O–H groups in total. The van der Waals surface area contributed by atoms with Gasteiger partial charge in [-0.1, -0.05) is 36.4 Å². The maximum atomic E-state index is 11.7. The minimum absolute atomic E-state index is 0.0746. The van der Waals surface area contributed by atoms with Crippen LogP contribution in [-0.2, 0) is 11.3 Å². The number of rotatable bonds is 6. The molecule has 0 bridgehead atoms. The van der Waals surface area contributed by atoms with Crippen LogP contribution in [0.15, 0.2) is 65.2 Å². The molecule has 0 aliphatic carbocycles. The summed E-state index contributed by atoms with van der Waals surface area (Å²) in [5.74, 6) is 0.837. The van der Waals surface area contributed by atoms with E-state index < -0.39 is 5.97 Å². The van der Waals surface area contributed by atoms with Crippen molar-refractivity contribution in [1.82, 2.24) is 10.3 Å². The number of methoxy groups -OCH3 is 1. The molecule has 0 fully saturated rings. The number of carbonyl (C=O) groups excluding carboxylic acids is 1. The number of nitrogens with one attached hydrogen (secondary N) is 1. The van der Waals surface area contributed by atoms with Gasteiger partial charge in [0.1, 0.15) is 17.1 Å². The van der Waals surface area contributed by atoms with Gasteiger partial charge in [-0.3, -0.25) is 10.3 Å². The second kappa shape index (κ2) is 7.77. The molecule has 0 radical (unpaired) electrons. The van der Waals surface area contributed by atoms with Crippen LogP contribution in [0, 0.1) is 6.92 Å². The first-order valence-electron chi connectivity index (χ1n) is 8.06. The fourth-order valence-corrected chi connectivity index (χ4v) is 2.73. The summed E-state index contributed by atoms with van der Waals surface area (Å²) in [5.41, 5.74) is 2.48. The van der Waals surface area contributed by atoms with Gasteiger partial charge in [0.25, 0.3) is 0 Å². The number of carbonyl (C=O) groups is 1. The van der Waals surface area contributed by atoms with E-state index in [1.54, 1.807) is 19.2 Å². The molecular weight excluding hydrogens is 316 g/mol. The quantitative estimate of drug-likeness (QED) is 0.696. The van der Waals surface area contributed by atoms with Crippen molar-refractivity contribution in [2.45, 2.75) is 19.5 Å². The van der Waals surface area contributed by atoms with Gasteiger partial charge in [0, 0.05) is 6.20 Å². The monoisotopic (exact) mass is 336 g/mol. The van der Waals surface area contributed by atoms with Gasteiger partial charge in [-0.25, -0.2) is 4.79 Å². The van der Waals surface area contributed by atoms with E-state index in [0.29, 0.717) is 23.6 Å². The lowest BCUT2D eigenvalue weighted by Gasteiger charge is -2.18. The summed E-state index contributed by atoms with van der Waals surface area (Å²) in [5, 5.41) is 3.46. The molecule has 5 nitrogen and oxygen atoms in total. The molecule has 2 aromatic heterocycles. The fraction of sp³-hybridized carbons (Fsp3) is 0.200. The van der Waals surface area contributed by atoms with E-state index in [2.05, 4.69) is 22.4 Å². The number of nitrogens with zero attached hydrogens (tertiary/aromatic N) is 1. The molecule has 1 aromatic carbocycles. The van der Waals surface area contributed by atoms with Gasteiger partial charge in [-0.15, -0.1) is 0 Å². The SMILES string of the molecule is COC(=O)c1cc(CNC(c2ccccc2)c2ccccn2)oc1C. The Morgan fingerprint density at radius 2 is 1.96 bits per heavy atom. The number of esters is 1. The summed E-state index contributed by atoms with van der Waals surface area (Å²) >= 11 is 0. The van der Waals surface area contributed by atoms with Gasteiger partial charge in [-0.05, 0) is 30.7 Å². The molecule has 0 saturated heterocycles. The topological polar surface area (TPSA) is 64.4 Å². The molecule has 0 aliphatic rings. The first-order valence-corrected chi connectivity index (χ1v) is 8.06. The highest BCUT2D eigenvalue weighted by Gasteiger charge is 2.18. The maximum absolute atomic E-state index is 11.7. The third-order valence-corrected chi connectivity index (χ3v) is 3.97. The number of hydrogen-bond donors (Lipinski definition) is 1. The number of ether oxygens (including phenoxy) is 1. The van der Waals surface area contributed by atoms with Crippen LogP contribution in [0.25, 0.3) is 0 Å². The van der Waals surface area contributed by atoms with E-state index in [4.69, 9.17) is 9.15 Å². The summed E-state index contributed by atoms with van der Waals surface area (Å²) < 4.78 is 10.4. The Bertz CT molecular complexity index is 789. The van der Waals surface area contributed by atoms with Crippen LogP contribution >= 0.6 is 0 Å². The van der Waals surface area contributed by atoms with Crippen molar-refractivity contribution in [3.05, 3.63) is 89.1 Å². The van der Waals surface area contributed by atoms with Crippen molar-refractivity contribution in [3.63, 3.8) is 0 Å². The molecule has 3 rings (SSSR count). The average molecular weight is 336 g/mol. The highest BCUT2D eigenvalue weighted by molar-refractivity contribution is 5.90. The largest absolute Gasteiger partial charge is 0.465 e. The van der Waals surface area contributed by atoms with Crippen molar-refractivity contribution < 1.29 is 13.9 Å². The molecule has 128 valence electrons. The van der Waals surface area contributed by atoms with Gasteiger partial charge in [0.15, 0.2) is 0 Å². The summed E-state index contributed by atoms with van der Waals surface area (Å²) in [6, 6.07) is 17.6. The molecular formula is C20H20N2O3.